The second kappa shape index (κ2) is 8.93. The minimum atomic E-state index is -0.822. The quantitative estimate of drug-likeness (QED) is 0.392. The average molecular weight is 487 g/mol. The molecule has 33 heavy (non-hydrogen) atoms. The number of hydrogen-bond acceptors (Lipinski definition) is 7. The van der Waals surface area contributed by atoms with Crippen molar-refractivity contribution in [1.29, 1.82) is 0 Å². The summed E-state index contributed by atoms with van der Waals surface area (Å²) in [5.41, 5.74) is 5.03. The van der Waals surface area contributed by atoms with Crippen LogP contribution in [0.5, 0.6) is 11.6 Å². The predicted octanol–water partition coefficient (Wildman–Crippen LogP) is 2.84. The first kappa shape index (κ1) is 22.3. The summed E-state index contributed by atoms with van der Waals surface area (Å²) < 4.78 is 6.59. The number of aromatic nitrogens is 5. The van der Waals surface area contributed by atoms with Crippen LogP contribution in [0.1, 0.15) is 24.0 Å². The molecule has 0 spiro atoms. The summed E-state index contributed by atoms with van der Waals surface area (Å²) in [6.07, 6.45) is 0. The standard InChI is InChI=1S/C21H16Cl2N6O4/c1-10(11-5-3-2-4-6-11)13-9-16(26-27-19(13)30)33-17-14(22)7-12(8-15(17)23)29-21(32)25-20(31)18(24)28-29/h2-10H,1H3,(H2,24,28)(H,27,30)(H,25,31,32)/t10-/m1/s1. The largest absolute Gasteiger partial charge is 0.434 e. The van der Waals surface area contributed by atoms with Gasteiger partial charge in [0.15, 0.2) is 5.75 Å². The Bertz CT molecular complexity index is 1490. The molecule has 4 rings (SSSR count). The van der Waals surface area contributed by atoms with E-state index >= 15 is 0 Å². The van der Waals surface area contributed by atoms with Gasteiger partial charge in [0.1, 0.15) is 0 Å². The zero-order chi connectivity index (χ0) is 23.7. The van der Waals surface area contributed by atoms with Crippen LogP contribution in [0.4, 0.5) is 5.82 Å². The van der Waals surface area contributed by atoms with Gasteiger partial charge < -0.3 is 10.5 Å². The van der Waals surface area contributed by atoms with E-state index in [-0.39, 0.29) is 38.8 Å². The zero-order valence-corrected chi connectivity index (χ0v) is 18.5. The zero-order valence-electron chi connectivity index (χ0n) is 17.0. The van der Waals surface area contributed by atoms with E-state index in [4.69, 9.17) is 33.7 Å². The van der Waals surface area contributed by atoms with Crippen LogP contribution in [0.25, 0.3) is 5.69 Å². The van der Waals surface area contributed by atoms with Gasteiger partial charge in [-0.05, 0) is 17.7 Å². The summed E-state index contributed by atoms with van der Waals surface area (Å²) in [7, 11) is 0. The van der Waals surface area contributed by atoms with E-state index in [1.54, 1.807) is 0 Å². The minimum Gasteiger partial charge on any atom is -0.434 e. The van der Waals surface area contributed by atoms with E-state index in [2.05, 4.69) is 15.3 Å². The van der Waals surface area contributed by atoms with Crippen molar-refractivity contribution in [3.05, 3.63) is 101 Å². The van der Waals surface area contributed by atoms with Gasteiger partial charge in [-0.3, -0.25) is 14.6 Å². The number of H-pyrrole nitrogens is 2. The predicted molar refractivity (Wildman–Crippen MR) is 124 cm³/mol. The Labute approximate surface area is 195 Å². The van der Waals surface area contributed by atoms with Crippen LogP contribution in [0.3, 0.4) is 0 Å². The van der Waals surface area contributed by atoms with Gasteiger partial charge in [0.25, 0.3) is 11.1 Å². The summed E-state index contributed by atoms with van der Waals surface area (Å²) in [5, 5.41) is 10.1. The molecule has 0 radical (unpaired) electrons. The molecule has 4 N–H and O–H groups in total. The van der Waals surface area contributed by atoms with Crippen LogP contribution in [0.2, 0.25) is 10.0 Å². The first-order chi connectivity index (χ1) is 15.7. The molecule has 12 heteroatoms. The highest BCUT2D eigenvalue weighted by Gasteiger charge is 2.18. The Balaban J connectivity index is 1.69. The van der Waals surface area contributed by atoms with E-state index in [1.165, 1.54) is 18.2 Å². The van der Waals surface area contributed by atoms with Gasteiger partial charge in [-0.15, -0.1) is 10.2 Å². The molecule has 0 bridgehead atoms. The van der Waals surface area contributed by atoms with E-state index in [0.29, 0.717) is 5.56 Å². The Morgan fingerprint density at radius 1 is 1.03 bits per heavy atom. The third-order valence-electron chi connectivity index (χ3n) is 4.86. The Morgan fingerprint density at radius 3 is 2.36 bits per heavy atom. The molecule has 0 aliphatic carbocycles. The lowest BCUT2D eigenvalue weighted by molar-refractivity contribution is 0.453. The molecule has 2 heterocycles. The maximum atomic E-state index is 12.4. The number of nitrogens with zero attached hydrogens (tertiary/aromatic N) is 3. The number of anilines is 1. The molecule has 10 nitrogen and oxygen atoms in total. The van der Waals surface area contributed by atoms with Crippen molar-refractivity contribution in [2.45, 2.75) is 12.8 Å². The van der Waals surface area contributed by atoms with E-state index < -0.39 is 17.1 Å². The number of rotatable bonds is 5. The number of ether oxygens (including phenoxy) is 1. The van der Waals surface area contributed by atoms with Crippen molar-refractivity contribution < 1.29 is 4.74 Å². The lowest BCUT2D eigenvalue weighted by Crippen LogP contribution is -2.33. The van der Waals surface area contributed by atoms with Crippen molar-refractivity contribution in [2.24, 2.45) is 0 Å². The fourth-order valence-corrected chi connectivity index (χ4v) is 3.71. The van der Waals surface area contributed by atoms with Crippen molar-refractivity contribution >= 4 is 29.0 Å². The van der Waals surface area contributed by atoms with E-state index in [1.807, 2.05) is 42.2 Å². The highest BCUT2D eigenvalue weighted by atomic mass is 35.5. The minimum absolute atomic E-state index is 0.0293. The lowest BCUT2D eigenvalue weighted by atomic mass is 9.95. The van der Waals surface area contributed by atoms with Crippen molar-refractivity contribution in [1.82, 2.24) is 25.0 Å². The highest BCUT2D eigenvalue weighted by Crippen LogP contribution is 2.37. The first-order valence-corrected chi connectivity index (χ1v) is 10.3. The fraction of sp³-hybridized carbons (Fsp3) is 0.0952. The summed E-state index contributed by atoms with van der Waals surface area (Å²) >= 11 is 12.7. The van der Waals surface area contributed by atoms with Crippen LogP contribution >= 0.6 is 23.2 Å². The smallest absolute Gasteiger partial charge is 0.349 e. The number of nitrogen functional groups attached to an aromatic ring is 1. The number of halogens is 2. The summed E-state index contributed by atoms with van der Waals surface area (Å²) in [4.78, 5) is 37.9. The third-order valence-corrected chi connectivity index (χ3v) is 5.42. The fourth-order valence-electron chi connectivity index (χ4n) is 3.15. The number of aromatic amines is 2. The molecule has 0 aliphatic heterocycles. The van der Waals surface area contributed by atoms with Crippen molar-refractivity contribution in [3.63, 3.8) is 0 Å². The van der Waals surface area contributed by atoms with Crippen molar-refractivity contribution in [3.8, 4) is 17.3 Å². The number of benzene rings is 2. The molecule has 0 saturated heterocycles. The molecule has 0 aliphatic rings. The summed E-state index contributed by atoms with van der Waals surface area (Å²) in [6.45, 7) is 1.89. The molecule has 1 atom stereocenters. The number of nitrogens with one attached hydrogen (secondary N) is 2. The normalized spacial score (nSPS) is 11.8. The van der Waals surface area contributed by atoms with Crippen LogP contribution in [0, 0.1) is 0 Å². The summed E-state index contributed by atoms with van der Waals surface area (Å²) in [5.74, 6) is -0.519. The topological polar surface area (TPSA) is 149 Å². The molecule has 0 amide bonds. The van der Waals surface area contributed by atoms with Gasteiger partial charge in [-0.25, -0.2) is 9.89 Å². The lowest BCUT2D eigenvalue weighted by Gasteiger charge is -2.14. The van der Waals surface area contributed by atoms with Crippen LogP contribution in [0.15, 0.2) is 62.9 Å². The summed E-state index contributed by atoms with van der Waals surface area (Å²) in [6, 6.07) is 13.7. The Hall–Kier alpha value is -3.89. The Kier molecular flexibility index (Phi) is 6.03. The highest BCUT2D eigenvalue weighted by molar-refractivity contribution is 6.37. The maximum absolute atomic E-state index is 12.4. The molecular formula is C21H16Cl2N6O4. The molecule has 0 fully saturated rings. The Morgan fingerprint density at radius 2 is 1.70 bits per heavy atom. The average Bonchev–Trinajstić information content (AvgIpc) is 2.79. The van der Waals surface area contributed by atoms with Gasteiger partial charge in [-0.1, -0.05) is 60.5 Å². The van der Waals surface area contributed by atoms with Crippen LogP contribution in [-0.4, -0.2) is 25.0 Å². The van der Waals surface area contributed by atoms with Gasteiger partial charge in [0, 0.05) is 17.5 Å². The second-order valence-corrected chi connectivity index (χ2v) is 7.83. The number of nitrogens with two attached hydrogens (primary N) is 1. The third kappa shape index (κ3) is 4.52. The van der Waals surface area contributed by atoms with E-state index in [0.717, 1.165) is 10.2 Å². The molecule has 2 aromatic carbocycles. The molecule has 2 aromatic heterocycles. The first-order valence-electron chi connectivity index (χ1n) is 9.55. The monoisotopic (exact) mass is 486 g/mol. The molecule has 0 unspecified atom stereocenters. The van der Waals surface area contributed by atoms with Gasteiger partial charge in [-0.2, -0.15) is 4.68 Å². The number of hydrogen-bond donors (Lipinski definition) is 3. The van der Waals surface area contributed by atoms with Crippen LogP contribution < -0.4 is 27.3 Å². The second-order valence-electron chi connectivity index (χ2n) is 7.02. The molecular weight excluding hydrogens is 471 g/mol. The van der Waals surface area contributed by atoms with Gasteiger partial charge in [0.2, 0.25) is 11.7 Å². The molecule has 0 saturated carbocycles. The van der Waals surface area contributed by atoms with Crippen LogP contribution in [-0.2, 0) is 0 Å². The van der Waals surface area contributed by atoms with Crippen molar-refractivity contribution in [2.75, 3.05) is 5.73 Å². The maximum Gasteiger partial charge on any atom is 0.349 e. The van der Waals surface area contributed by atoms with E-state index in [9.17, 15) is 14.4 Å². The van der Waals surface area contributed by atoms with Gasteiger partial charge >= 0.3 is 5.69 Å². The van der Waals surface area contributed by atoms with Gasteiger partial charge in [0.05, 0.1) is 15.7 Å². The SMILES string of the molecule is C[C@H](c1ccccc1)c1cc(Oc2c(Cl)cc(-n3nc(N)c(=O)[nH]c3=O)cc2Cl)n[nH]c1=O. The molecule has 4 aromatic rings. The molecule has 168 valence electrons.